The maximum Gasteiger partial charge on any atom is 0.257 e. The molecule has 0 radical (unpaired) electrons. The lowest BCUT2D eigenvalue weighted by Gasteiger charge is -2.39. The van der Waals surface area contributed by atoms with Gasteiger partial charge >= 0.3 is 0 Å². The Labute approximate surface area is 227 Å². The van der Waals surface area contributed by atoms with Gasteiger partial charge < -0.3 is 4.90 Å². The number of aryl methyl sites for hydroxylation is 3. The number of sulfonamides is 1. The molecule has 1 aliphatic rings. The zero-order valence-electron chi connectivity index (χ0n) is 22.2. The fourth-order valence-corrected chi connectivity index (χ4v) is 8.13. The van der Waals surface area contributed by atoms with E-state index in [0.29, 0.717) is 34.4 Å². The largest absolute Gasteiger partial charge is 0.336 e. The van der Waals surface area contributed by atoms with Crippen molar-refractivity contribution in [3.05, 3.63) is 82.0 Å². The van der Waals surface area contributed by atoms with Crippen LogP contribution < -0.4 is 0 Å². The van der Waals surface area contributed by atoms with E-state index in [1.165, 1.54) is 15.6 Å². The second-order valence-electron chi connectivity index (χ2n) is 9.88. The molecule has 5 rings (SSSR count). The Balaban J connectivity index is 1.33. The molecule has 0 N–H and O–H groups in total. The van der Waals surface area contributed by atoms with Gasteiger partial charge in [-0.3, -0.25) is 4.79 Å². The number of benzene rings is 2. The molecule has 1 fully saturated rings. The van der Waals surface area contributed by atoms with Gasteiger partial charge in [0.25, 0.3) is 5.91 Å². The number of thiazole rings is 1. The zero-order valence-corrected chi connectivity index (χ0v) is 23.8. The second-order valence-corrected chi connectivity index (χ2v) is 12.5. The van der Waals surface area contributed by atoms with Gasteiger partial charge in [0, 0.05) is 36.6 Å². The molecule has 3 heterocycles. The number of amides is 1. The Bertz CT molecular complexity index is 1590. The molecule has 1 unspecified atom stereocenters. The smallest absolute Gasteiger partial charge is 0.257 e. The van der Waals surface area contributed by atoms with Crippen molar-refractivity contribution in [2.24, 2.45) is 0 Å². The third-order valence-electron chi connectivity index (χ3n) is 7.01. The molecule has 4 aromatic rings. The first kappa shape index (κ1) is 26.3. The standard InChI is InChI=1S/C28H31N5O3S2/c1-18-13-19(2)26(20(3)14-18)38(35,36)32-12-11-31(16-21(32)4)27(34)24-15-29-33(22(24)5)28-30-25(17-37-28)23-9-7-6-8-10-23/h6-10,13-15,17,21H,11-12,16H2,1-5H3. The van der Waals surface area contributed by atoms with Crippen molar-refractivity contribution in [2.45, 2.75) is 45.6 Å². The van der Waals surface area contributed by atoms with Crippen LogP contribution in [0.2, 0.25) is 0 Å². The number of rotatable bonds is 5. The van der Waals surface area contributed by atoms with E-state index in [0.717, 1.165) is 27.9 Å². The molecular formula is C28H31N5O3S2. The molecule has 198 valence electrons. The minimum Gasteiger partial charge on any atom is -0.336 e. The van der Waals surface area contributed by atoms with Gasteiger partial charge in [0.2, 0.25) is 15.2 Å². The summed E-state index contributed by atoms with van der Waals surface area (Å²) in [7, 11) is -3.69. The summed E-state index contributed by atoms with van der Waals surface area (Å²) in [6.07, 6.45) is 1.58. The van der Waals surface area contributed by atoms with Gasteiger partial charge in [0.1, 0.15) is 0 Å². The first-order chi connectivity index (χ1) is 18.1. The highest BCUT2D eigenvalue weighted by Gasteiger charge is 2.37. The lowest BCUT2D eigenvalue weighted by atomic mass is 10.1. The Morgan fingerprint density at radius 2 is 1.71 bits per heavy atom. The van der Waals surface area contributed by atoms with E-state index >= 15 is 0 Å². The van der Waals surface area contributed by atoms with E-state index in [9.17, 15) is 13.2 Å². The maximum absolute atomic E-state index is 13.6. The average Bonchev–Trinajstić information content (AvgIpc) is 3.50. The van der Waals surface area contributed by atoms with Crippen LogP contribution in [0.4, 0.5) is 0 Å². The number of aromatic nitrogens is 3. The van der Waals surface area contributed by atoms with E-state index in [1.807, 2.05) is 82.5 Å². The Hall–Kier alpha value is -3.34. The van der Waals surface area contributed by atoms with Crippen LogP contribution in [0.5, 0.6) is 0 Å². The number of piperazine rings is 1. The van der Waals surface area contributed by atoms with Crippen molar-refractivity contribution in [2.75, 3.05) is 19.6 Å². The number of hydrogen-bond donors (Lipinski definition) is 0. The monoisotopic (exact) mass is 549 g/mol. The van der Waals surface area contributed by atoms with Crippen LogP contribution in [0.1, 0.15) is 39.7 Å². The normalized spacial score (nSPS) is 16.7. The van der Waals surface area contributed by atoms with Crippen molar-refractivity contribution in [3.8, 4) is 16.4 Å². The van der Waals surface area contributed by atoms with Gasteiger partial charge in [0.15, 0.2) is 0 Å². The number of nitrogens with zero attached hydrogens (tertiary/aromatic N) is 5. The number of carbonyl (C=O) groups excluding carboxylic acids is 1. The lowest BCUT2D eigenvalue weighted by molar-refractivity contribution is 0.0641. The van der Waals surface area contributed by atoms with E-state index in [2.05, 4.69) is 5.10 Å². The molecule has 0 saturated carbocycles. The summed E-state index contributed by atoms with van der Waals surface area (Å²) in [5.74, 6) is -0.153. The highest BCUT2D eigenvalue weighted by molar-refractivity contribution is 7.89. The third-order valence-corrected chi connectivity index (χ3v) is 10.1. The summed E-state index contributed by atoms with van der Waals surface area (Å²) >= 11 is 1.47. The van der Waals surface area contributed by atoms with Gasteiger partial charge in [-0.1, -0.05) is 48.0 Å². The predicted molar refractivity (Wildman–Crippen MR) is 149 cm³/mol. The van der Waals surface area contributed by atoms with Crippen LogP contribution in [0.3, 0.4) is 0 Å². The minimum absolute atomic E-state index is 0.153. The van der Waals surface area contributed by atoms with Crippen molar-refractivity contribution in [1.29, 1.82) is 0 Å². The maximum atomic E-state index is 13.6. The first-order valence-corrected chi connectivity index (χ1v) is 14.8. The zero-order chi connectivity index (χ0) is 27.2. The van der Waals surface area contributed by atoms with Crippen LogP contribution >= 0.6 is 11.3 Å². The van der Waals surface area contributed by atoms with E-state index in [-0.39, 0.29) is 18.5 Å². The van der Waals surface area contributed by atoms with E-state index in [4.69, 9.17) is 4.98 Å². The van der Waals surface area contributed by atoms with Crippen molar-refractivity contribution >= 4 is 27.3 Å². The van der Waals surface area contributed by atoms with Crippen molar-refractivity contribution in [1.82, 2.24) is 24.0 Å². The van der Waals surface area contributed by atoms with Crippen LogP contribution in [-0.2, 0) is 10.0 Å². The highest BCUT2D eigenvalue weighted by atomic mass is 32.2. The SMILES string of the molecule is Cc1cc(C)c(S(=O)(=O)N2CCN(C(=O)c3cnn(-c4nc(-c5ccccc5)cs4)c3C)CC2C)c(C)c1. The van der Waals surface area contributed by atoms with Gasteiger partial charge in [-0.2, -0.15) is 9.40 Å². The fourth-order valence-electron chi connectivity index (χ4n) is 5.26. The Morgan fingerprint density at radius 3 is 2.37 bits per heavy atom. The molecule has 1 atom stereocenters. The fraction of sp³-hybridized carbons (Fsp3) is 0.321. The molecule has 0 bridgehead atoms. The second kappa shape index (κ2) is 10.1. The van der Waals surface area contributed by atoms with Crippen LogP contribution in [0, 0.1) is 27.7 Å². The van der Waals surface area contributed by atoms with Gasteiger partial charge in [-0.25, -0.2) is 18.1 Å². The van der Waals surface area contributed by atoms with Crippen LogP contribution in [-0.4, -0.2) is 64.0 Å². The van der Waals surface area contributed by atoms with Crippen molar-refractivity contribution < 1.29 is 13.2 Å². The Morgan fingerprint density at radius 1 is 1.03 bits per heavy atom. The molecule has 2 aromatic heterocycles. The molecular weight excluding hydrogens is 518 g/mol. The molecule has 38 heavy (non-hydrogen) atoms. The summed E-state index contributed by atoms with van der Waals surface area (Å²) in [6.45, 7) is 10.2. The molecule has 0 aliphatic carbocycles. The van der Waals surface area contributed by atoms with Gasteiger partial charge in [-0.15, -0.1) is 11.3 Å². The summed E-state index contributed by atoms with van der Waals surface area (Å²) in [6, 6.07) is 13.4. The Kier molecular flexibility index (Phi) is 6.97. The lowest BCUT2D eigenvalue weighted by Crippen LogP contribution is -2.55. The summed E-state index contributed by atoms with van der Waals surface area (Å²) in [5.41, 5.74) is 5.61. The van der Waals surface area contributed by atoms with E-state index < -0.39 is 10.0 Å². The summed E-state index contributed by atoms with van der Waals surface area (Å²) in [5, 5.41) is 7.13. The minimum atomic E-state index is -3.69. The molecule has 1 amide bonds. The number of carbonyl (C=O) groups is 1. The molecule has 0 spiro atoms. The molecule has 1 saturated heterocycles. The van der Waals surface area contributed by atoms with E-state index in [1.54, 1.807) is 15.8 Å². The molecule has 8 nitrogen and oxygen atoms in total. The average molecular weight is 550 g/mol. The predicted octanol–water partition coefficient (Wildman–Crippen LogP) is 4.76. The number of hydrogen-bond acceptors (Lipinski definition) is 6. The quantitative estimate of drug-likeness (QED) is 0.358. The van der Waals surface area contributed by atoms with Crippen LogP contribution in [0.25, 0.3) is 16.4 Å². The van der Waals surface area contributed by atoms with Gasteiger partial charge in [-0.05, 0) is 45.7 Å². The first-order valence-electron chi connectivity index (χ1n) is 12.5. The topological polar surface area (TPSA) is 88.4 Å². The van der Waals surface area contributed by atoms with Gasteiger partial charge in [0.05, 0.1) is 28.0 Å². The molecule has 2 aromatic carbocycles. The summed E-state index contributed by atoms with van der Waals surface area (Å²) in [4.78, 5) is 20.3. The third kappa shape index (κ3) is 4.68. The summed E-state index contributed by atoms with van der Waals surface area (Å²) < 4.78 is 30.5. The molecule has 10 heteroatoms. The van der Waals surface area contributed by atoms with Crippen LogP contribution in [0.15, 0.2) is 58.9 Å². The highest BCUT2D eigenvalue weighted by Crippen LogP contribution is 2.29. The molecule has 1 aliphatic heterocycles. The van der Waals surface area contributed by atoms with Crippen molar-refractivity contribution in [3.63, 3.8) is 0 Å².